The topological polar surface area (TPSA) is 58.6 Å². The van der Waals surface area contributed by atoms with Crippen LogP contribution in [0.1, 0.15) is 44.7 Å². The molecule has 2 aromatic rings. The number of hydrogen-bond acceptors (Lipinski definition) is 3. The average Bonchev–Trinajstić information content (AvgIpc) is 2.75. The van der Waals surface area contributed by atoms with Crippen LogP contribution in [0.4, 0.5) is 4.39 Å². The summed E-state index contributed by atoms with van der Waals surface area (Å²) >= 11 is 0. The molecule has 162 valence electrons. The van der Waals surface area contributed by atoms with Crippen LogP contribution in [0.15, 0.2) is 48.5 Å². The van der Waals surface area contributed by atoms with Crippen LogP contribution in [-0.4, -0.2) is 35.9 Å². The number of halogens is 1. The highest BCUT2D eigenvalue weighted by Crippen LogP contribution is 2.18. The second-order valence-electron chi connectivity index (χ2n) is 7.38. The van der Waals surface area contributed by atoms with Crippen molar-refractivity contribution < 1.29 is 18.7 Å². The van der Waals surface area contributed by atoms with E-state index in [-0.39, 0.29) is 30.8 Å². The fraction of sp³-hybridized carbons (Fsp3) is 0.417. The molecule has 1 N–H and O–H groups in total. The first kappa shape index (κ1) is 23.4. The number of ether oxygens (including phenoxy) is 1. The smallest absolute Gasteiger partial charge is 0.243 e. The molecular formula is C24H31FN2O3. The summed E-state index contributed by atoms with van der Waals surface area (Å²) in [6, 6.07) is 12.9. The zero-order valence-corrected chi connectivity index (χ0v) is 18.2. The average molecular weight is 415 g/mol. The van der Waals surface area contributed by atoms with Gasteiger partial charge >= 0.3 is 0 Å². The predicted octanol–water partition coefficient (Wildman–Crippen LogP) is 4.10. The zero-order chi connectivity index (χ0) is 22.1. The van der Waals surface area contributed by atoms with Crippen LogP contribution in [0.3, 0.4) is 0 Å². The number of hydrogen-bond donors (Lipinski definition) is 1. The van der Waals surface area contributed by atoms with E-state index in [1.54, 1.807) is 30.2 Å². The molecule has 6 heteroatoms. The molecule has 0 aliphatic rings. The normalized spacial score (nSPS) is 12.7. The fourth-order valence-corrected chi connectivity index (χ4v) is 3.19. The molecule has 0 heterocycles. The van der Waals surface area contributed by atoms with Crippen molar-refractivity contribution in [2.45, 2.75) is 58.7 Å². The Balaban J connectivity index is 2.30. The fourth-order valence-electron chi connectivity index (χ4n) is 3.19. The van der Waals surface area contributed by atoms with E-state index < -0.39 is 11.9 Å². The van der Waals surface area contributed by atoms with E-state index >= 15 is 0 Å². The first-order valence-corrected chi connectivity index (χ1v) is 10.4. The summed E-state index contributed by atoms with van der Waals surface area (Å²) in [4.78, 5) is 27.7. The quantitative estimate of drug-likeness (QED) is 0.637. The SMILES string of the molecule is CC[C@H](C)NC(=O)[C@H](CC)N(Cc1ccc(OC)cc1)C(=O)Cc1ccccc1F. The van der Waals surface area contributed by atoms with E-state index in [9.17, 15) is 14.0 Å². The molecule has 0 fully saturated rings. The first-order chi connectivity index (χ1) is 14.4. The lowest BCUT2D eigenvalue weighted by Crippen LogP contribution is -2.51. The third kappa shape index (κ3) is 6.31. The van der Waals surface area contributed by atoms with Crippen LogP contribution < -0.4 is 10.1 Å². The van der Waals surface area contributed by atoms with Gasteiger partial charge in [-0.1, -0.05) is 44.2 Å². The van der Waals surface area contributed by atoms with Crippen molar-refractivity contribution in [3.8, 4) is 5.75 Å². The molecule has 2 amide bonds. The molecule has 5 nitrogen and oxygen atoms in total. The van der Waals surface area contributed by atoms with Crippen LogP contribution in [0.2, 0.25) is 0 Å². The molecule has 0 bridgehead atoms. The van der Waals surface area contributed by atoms with Crippen LogP contribution >= 0.6 is 0 Å². The van der Waals surface area contributed by atoms with Gasteiger partial charge < -0.3 is 15.0 Å². The molecular weight excluding hydrogens is 383 g/mol. The summed E-state index contributed by atoms with van der Waals surface area (Å²) in [6.45, 7) is 6.05. The van der Waals surface area contributed by atoms with Crippen LogP contribution in [-0.2, 0) is 22.6 Å². The number of nitrogens with zero attached hydrogens (tertiary/aromatic N) is 1. The minimum absolute atomic E-state index is 0.0102. The Kier molecular flexibility index (Phi) is 8.84. The van der Waals surface area contributed by atoms with Crippen LogP contribution in [0.25, 0.3) is 0 Å². The Hall–Kier alpha value is -2.89. The van der Waals surface area contributed by atoms with Gasteiger partial charge in [0, 0.05) is 12.6 Å². The van der Waals surface area contributed by atoms with E-state index in [2.05, 4.69) is 5.32 Å². The van der Waals surface area contributed by atoms with Crippen molar-refractivity contribution in [2.24, 2.45) is 0 Å². The van der Waals surface area contributed by atoms with E-state index in [0.29, 0.717) is 17.7 Å². The molecule has 30 heavy (non-hydrogen) atoms. The third-order valence-electron chi connectivity index (χ3n) is 5.20. The van der Waals surface area contributed by atoms with Gasteiger partial charge in [0.25, 0.3) is 0 Å². The maximum absolute atomic E-state index is 14.1. The highest BCUT2D eigenvalue weighted by atomic mass is 19.1. The molecule has 2 aromatic carbocycles. The molecule has 2 atom stereocenters. The van der Waals surface area contributed by atoms with Crippen molar-refractivity contribution in [3.05, 3.63) is 65.5 Å². The summed E-state index contributed by atoms with van der Waals surface area (Å²) in [7, 11) is 1.59. The maximum Gasteiger partial charge on any atom is 0.243 e. The lowest BCUT2D eigenvalue weighted by molar-refractivity contribution is -0.141. The van der Waals surface area contributed by atoms with Gasteiger partial charge in [-0.05, 0) is 49.1 Å². The van der Waals surface area contributed by atoms with Gasteiger partial charge in [0.2, 0.25) is 11.8 Å². The van der Waals surface area contributed by atoms with E-state index in [1.807, 2.05) is 45.0 Å². The zero-order valence-electron chi connectivity index (χ0n) is 18.2. The molecule has 0 aromatic heterocycles. The van der Waals surface area contributed by atoms with E-state index in [1.165, 1.54) is 6.07 Å². The third-order valence-corrected chi connectivity index (χ3v) is 5.20. The summed E-state index contributed by atoms with van der Waals surface area (Å²) in [5.74, 6) is -0.193. The van der Waals surface area contributed by atoms with Gasteiger partial charge in [-0.15, -0.1) is 0 Å². The second-order valence-corrected chi connectivity index (χ2v) is 7.38. The van der Waals surface area contributed by atoms with Crippen molar-refractivity contribution in [3.63, 3.8) is 0 Å². The van der Waals surface area contributed by atoms with Gasteiger partial charge in [0.05, 0.1) is 13.5 Å². The number of benzene rings is 2. The Morgan fingerprint density at radius 2 is 1.73 bits per heavy atom. The van der Waals surface area contributed by atoms with Gasteiger partial charge in [-0.2, -0.15) is 0 Å². The van der Waals surface area contributed by atoms with Gasteiger partial charge in [-0.3, -0.25) is 9.59 Å². The standard InChI is InChI=1S/C24H31FN2O3/c1-5-17(3)26-24(29)22(6-2)27(16-18-11-13-20(30-4)14-12-18)23(28)15-19-9-7-8-10-21(19)25/h7-14,17,22H,5-6,15-16H2,1-4H3,(H,26,29)/t17-,22-/m0/s1. The maximum atomic E-state index is 14.1. The second kappa shape index (κ2) is 11.3. The number of carbonyl (C=O) groups excluding carboxylic acids is 2. The van der Waals surface area contributed by atoms with Crippen molar-refractivity contribution in [2.75, 3.05) is 7.11 Å². The minimum atomic E-state index is -0.639. The molecule has 2 rings (SSSR count). The van der Waals surface area contributed by atoms with Crippen molar-refractivity contribution >= 4 is 11.8 Å². The predicted molar refractivity (Wildman–Crippen MR) is 116 cm³/mol. The lowest BCUT2D eigenvalue weighted by atomic mass is 10.1. The molecule has 0 aliphatic heterocycles. The largest absolute Gasteiger partial charge is 0.497 e. The monoisotopic (exact) mass is 414 g/mol. The highest BCUT2D eigenvalue weighted by molar-refractivity contribution is 5.88. The number of carbonyl (C=O) groups is 2. The first-order valence-electron chi connectivity index (χ1n) is 10.4. The van der Waals surface area contributed by atoms with Gasteiger partial charge in [-0.25, -0.2) is 4.39 Å². The van der Waals surface area contributed by atoms with E-state index in [4.69, 9.17) is 4.74 Å². The minimum Gasteiger partial charge on any atom is -0.497 e. The highest BCUT2D eigenvalue weighted by Gasteiger charge is 2.29. The van der Waals surface area contributed by atoms with Crippen LogP contribution in [0, 0.1) is 5.82 Å². The summed E-state index contributed by atoms with van der Waals surface area (Å²) in [5, 5.41) is 2.97. The van der Waals surface area contributed by atoms with Gasteiger partial charge in [0.15, 0.2) is 0 Å². The Labute approximate surface area is 178 Å². The molecule has 0 saturated carbocycles. The number of nitrogens with one attached hydrogen (secondary N) is 1. The molecule has 0 saturated heterocycles. The summed E-state index contributed by atoms with van der Waals surface area (Å²) in [5.41, 5.74) is 1.19. The van der Waals surface area contributed by atoms with E-state index in [0.717, 1.165) is 12.0 Å². The Bertz CT molecular complexity index is 839. The van der Waals surface area contributed by atoms with Gasteiger partial charge in [0.1, 0.15) is 17.6 Å². The summed E-state index contributed by atoms with van der Waals surface area (Å²) < 4.78 is 19.3. The number of methoxy groups -OCH3 is 1. The number of rotatable bonds is 10. The molecule has 0 aliphatic carbocycles. The summed E-state index contributed by atoms with van der Waals surface area (Å²) in [6.07, 6.45) is 1.15. The van der Waals surface area contributed by atoms with Crippen LogP contribution in [0.5, 0.6) is 5.75 Å². The molecule has 0 unspecified atom stereocenters. The van der Waals surface area contributed by atoms with Crippen molar-refractivity contribution in [1.82, 2.24) is 10.2 Å². The Morgan fingerprint density at radius 1 is 1.07 bits per heavy atom. The molecule has 0 spiro atoms. The molecule has 0 radical (unpaired) electrons. The Morgan fingerprint density at radius 3 is 2.30 bits per heavy atom. The van der Waals surface area contributed by atoms with Crippen molar-refractivity contribution in [1.29, 1.82) is 0 Å². The number of amides is 2. The lowest BCUT2D eigenvalue weighted by Gasteiger charge is -2.31.